The molecule has 0 saturated carbocycles. The molecule has 1 aromatic heterocycles. The molecule has 3 heterocycles. The van der Waals surface area contributed by atoms with Crippen molar-refractivity contribution >= 4 is 5.82 Å². The Kier molecular flexibility index (Phi) is 3.55. The van der Waals surface area contributed by atoms with Crippen molar-refractivity contribution in [2.45, 2.75) is 25.2 Å². The van der Waals surface area contributed by atoms with Gasteiger partial charge in [0.1, 0.15) is 11.9 Å². The van der Waals surface area contributed by atoms with Gasteiger partial charge in [0.25, 0.3) is 0 Å². The Hall–Kier alpha value is -2.32. The first-order valence-corrected chi connectivity index (χ1v) is 8.31. The highest BCUT2D eigenvalue weighted by atomic mass is 15.3. The molecule has 5 heteroatoms. The van der Waals surface area contributed by atoms with E-state index in [-0.39, 0.29) is 0 Å². The van der Waals surface area contributed by atoms with Crippen LogP contribution < -0.4 is 5.32 Å². The number of nitriles is 1. The predicted molar refractivity (Wildman–Crippen MR) is 89.9 cm³/mol. The van der Waals surface area contributed by atoms with E-state index in [9.17, 15) is 5.26 Å². The number of hydrogen-bond acceptors (Lipinski definition) is 4. The number of nitrogens with zero attached hydrogens (tertiary/aromatic N) is 4. The van der Waals surface area contributed by atoms with E-state index >= 15 is 0 Å². The van der Waals surface area contributed by atoms with Crippen LogP contribution in [0.4, 0.5) is 5.82 Å². The van der Waals surface area contributed by atoms with E-state index < -0.39 is 0 Å². The van der Waals surface area contributed by atoms with E-state index in [4.69, 9.17) is 5.10 Å². The van der Waals surface area contributed by atoms with E-state index in [0.717, 1.165) is 31.0 Å². The fourth-order valence-corrected chi connectivity index (χ4v) is 3.85. The SMILES string of the molecule is CN1CCCC(c2nn(-c3ccccc3C#N)c3c2CCN3)C1. The van der Waals surface area contributed by atoms with Crippen LogP contribution in [0, 0.1) is 11.3 Å². The van der Waals surface area contributed by atoms with Gasteiger partial charge in [-0.25, -0.2) is 4.68 Å². The molecule has 23 heavy (non-hydrogen) atoms. The van der Waals surface area contributed by atoms with Crippen LogP contribution in [0.2, 0.25) is 0 Å². The molecule has 1 fully saturated rings. The lowest BCUT2D eigenvalue weighted by molar-refractivity contribution is 0.247. The standard InChI is InChI=1S/C18H21N5/c1-22-10-4-6-14(12-22)17-15-8-9-20-18(15)23(21-17)16-7-3-2-5-13(16)11-19/h2-3,5,7,14,20H,4,6,8-10,12H2,1H3. The van der Waals surface area contributed by atoms with E-state index in [2.05, 4.69) is 23.3 Å². The van der Waals surface area contributed by atoms with E-state index in [1.54, 1.807) is 0 Å². The molecule has 0 radical (unpaired) electrons. The maximum absolute atomic E-state index is 9.40. The number of rotatable bonds is 2. The van der Waals surface area contributed by atoms with Crippen LogP contribution in [0.15, 0.2) is 24.3 Å². The van der Waals surface area contributed by atoms with Crippen molar-refractivity contribution in [3.63, 3.8) is 0 Å². The Morgan fingerprint density at radius 1 is 1.35 bits per heavy atom. The number of fused-ring (bicyclic) bond motifs is 1. The monoisotopic (exact) mass is 307 g/mol. The third-order valence-electron chi connectivity index (χ3n) is 4.95. The van der Waals surface area contributed by atoms with Crippen LogP contribution in [0.3, 0.4) is 0 Å². The predicted octanol–water partition coefficient (Wildman–Crippen LogP) is 2.52. The van der Waals surface area contributed by atoms with Crippen LogP contribution in [0.25, 0.3) is 5.69 Å². The third kappa shape index (κ3) is 2.40. The van der Waals surface area contributed by atoms with Crippen molar-refractivity contribution in [2.75, 3.05) is 32.0 Å². The molecule has 0 bridgehead atoms. The van der Waals surface area contributed by atoms with Gasteiger partial charge in [-0.15, -0.1) is 0 Å². The van der Waals surface area contributed by atoms with Gasteiger partial charge in [0.15, 0.2) is 0 Å². The van der Waals surface area contributed by atoms with Crippen molar-refractivity contribution in [1.29, 1.82) is 5.26 Å². The van der Waals surface area contributed by atoms with Crippen molar-refractivity contribution in [1.82, 2.24) is 14.7 Å². The number of anilines is 1. The number of likely N-dealkylation sites (N-methyl/N-ethyl adjacent to an activating group) is 1. The zero-order valence-corrected chi connectivity index (χ0v) is 13.4. The Morgan fingerprint density at radius 3 is 3.04 bits per heavy atom. The number of hydrogen-bond donors (Lipinski definition) is 1. The van der Waals surface area contributed by atoms with Crippen molar-refractivity contribution in [3.8, 4) is 11.8 Å². The third-order valence-corrected chi connectivity index (χ3v) is 4.95. The van der Waals surface area contributed by atoms with Gasteiger partial charge in [-0.2, -0.15) is 10.4 Å². The van der Waals surface area contributed by atoms with Crippen LogP contribution in [0.5, 0.6) is 0 Å². The number of piperidine rings is 1. The van der Waals surface area contributed by atoms with E-state index in [1.807, 2.05) is 28.9 Å². The first-order chi connectivity index (χ1) is 11.3. The zero-order chi connectivity index (χ0) is 15.8. The summed E-state index contributed by atoms with van der Waals surface area (Å²) in [4.78, 5) is 2.39. The maximum atomic E-state index is 9.40. The molecule has 4 rings (SSSR count). The molecule has 2 aliphatic heterocycles. The molecular weight excluding hydrogens is 286 g/mol. The molecule has 118 valence electrons. The lowest BCUT2D eigenvalue weighted by Crippen LogP contribution is -2.31. The Bertz CT molecular complexity index is 770. The summed E-state index contributed by atoms with van der Waals surface area (Å²) in [6.45, 7) is 3.20. The average molecular weight is 307 g/mol. The largest absolute Gasteiger partial charge is 0.369 e. The first-order valence-electron chi connectivity index (χ1n) is 8.31. The molecule has 1 N–H and O–H groups in total. The Balaban J connectivity index is 1.81. The van der Waals surface area contributed by atoms with Crippen molar-refractivity contribution in [2.24, 2.45) is 0 Å². The van der Waals surface area contributed by atoms with Crippen molar-refractivity contribution in [3.05, 3.63) is 41.1 Å². The quantitative estimate of drug-likeness (QED) is 0.926. The highest BCUT2D eigenvalue weighted by Gasteiger charge is 2.30. The van der Waals surface area contributed by atoms with Gasteiger partial charge in [0.05, 0.1) is 16.9 Å². The summed E-state index contributed by atoms with van der Waals surface area (Å²) in [6.07, 6.45) is 3.46. The van der Waals surface area contributed by atoms with Gasteiger partial charge in [0, 0.05) is 24.6 Å². The average Bonchev–Trinajstić information content (AvgIpc) is 3.17. The number of para-hydroxylation sites is 1. The van der Waals surface area contributed by atoms with E-state index in [0.29, 0.717) is 11.5 Å². The lowest BCUT2D eigenvalue weighted by Gasteiger charge is -2.29. The minimum absolute atomic E-state index is 0.498. The summed E-state index contributed by atoms with van der Waals surface area (Å²) in [7, 11) is 2.19. The van der Waals surface area contributed by atoms with Gasteiger partial charge in [-0.3, -0.25) is 0 Å². The van der Waals surface area contributed by atoms with Gasteiger partial charge in [-0.05, 0) is 45.0 Å². The summed E-state index contributed by atoms with van der Waals surface area (Å²) in [5.41, 5.74) is 4.11. The molecule has 1 aromatic carbocycles. The molecule has 0 aliphatic carbocycles. The smallest absolute Gasteiger partial charge is 0.133 e. The second-order valence-electron chi connectivity index (χ2n) is 6.53. The van der Waals surface area contributed by atoms with Gasteiger partial charge in [0.2, 0.25) is 0 Å². The minimum Gasteiger partial charge on any atom is -0.369 e. The lowest BCUT2D eigenvalue weighted by atomic mass is 9.92. The second-order valence-corrected chi connectivity index (χ2v) is 6.53. The Labute approximate surface area is 136 Å². The topological polar surface area (TPSA) is 56.9 Å². The minimum atomic E-state index is 0.498. The number of likely N-dealkylation sites (tertiary alicyclic amines) is 1. The fraction of sp³-hybridized carbons (Fsp3) is 0.444. The summed E-state index contributed by atoms with van der Waals surface area (Å²) < 4.78 is 1.95. The fourth-order valence-electron chi connectivity index (χ4n) is 3.85. The van der Waals surface area contributed by atoms with Crippen LogP contribution in [-0.2, 0) is 6.42 Å². The molecule has 0 amide bonds. The normalized spacial score (nSPS) is 20.8. The maximum Gasteiger partial charge on any atom is 0.133 e. The summed E-state index contributed by atoms with van der Waals surface area (Å²) in [5.74, 6) is 1.58. The molecule has 2 aromatic rings. The molecular formula is C18H21N5. The van der Waals surface area contributed by atoms with Gasteiger partial charge in [-0.1, -0.05) is 12.1 Å². The molecule has 5 nitrogen and oxygen atoms in total. The summed E-state index contributed by atoms with van der Waals surface area (Å²) in [5, 5.41) is 17.8. The summed E-state index contributed by atoms with van der Waals surface area (Å²) in [6, 6.07) is 9.98. The number of aromatic nitrogens is 2. The number of nitrogens with one attached hydrogen (secondary N) is 1. The van der Waals surface area contributed by atoms with Gasteiger partial charge < -0.3 is 10.2 Å². The molecule has 0 spiro atoms. The summed E-state index contributed by atoms with van der Waals surface area (Å²) >= 11 is 0. The van der Waals surface area contributed by atoms with Crippen LogP contribution in [0.1, 0.15) is 35.6 Å². The second kappa shape index (κ2) is 5.71. The van der Waals surface area contributed by atoms with Crippen LogP contribution in [-0.4, -0.2) is 41.4 Å². The molecule has 1 atom stereocenters. The molecule has 1 unspecified atom stereocenters. The first kappa shape index (κ1) is 14.3. The number of benzene rings is 1. The highest BCUT2D eigenvalue weighted by Crippen LogP contribution is 2.36. The van der Waals surface area contributed by atoms with Gasteiger partial charge >= 0.3 is 0 Å². The molecule has 1 saturated heterocycles. The molecule has 2 aliphatic rings. The zero-order valence-electron chi connectivity index (χ0n) is 13.4. The van der Waals surface area contributed by atoms with Crippen LogP contribution >= 0.6 is 0 Å². The van der Waals surface area contributed by atoms with Crippen molar-refractivity contribution < 1.29 is 0 Å². The Morgan fingerprint density at radius 2 is 2.22 bits per heavy atom. The van der Waals surface area contributed by atoms with E-state index in [1.165, 1.54) is 30.6 Å². The highest BCUT2D eigenvalue weighted by molar-refractivity contribution is 5.60.